The summed E-state index contributed by atoms with van der Waals surface area (Å²) in [4.78, 5) is 2.42. The van der Waals surface area contributed by atoms with E-state index in [2.05, 4.69) is 295 Å². The Morgan fingerprint density at radius 1 is 0.373 bits per heavy atom. The fourth-order valence-corrected chi connectivity index (χ4v) is 12.5. The van der Waals surface area contributed by atoms with Crippen LogP contribution in [0, 0.1) is 0 Å². The molecule has 1 aliphatic carbocycles. The largest absolute Gasteiger partial charge is 0.311 e. The minimum atomic E-state index is 0.172. The third-order valence-electron chi connectivity index (χ3n) is 15.2. The molecule has 0 amide bonds. The van der Waals surface area contributed by atoms with Gasteiger partial charge in [-0.15, -0.1) is 11.3 Å². The highest BCUT2D eigenvalue weighted by Gasteiger charge is 2.22. The number of allylic oxidation sites excluding steroid dienone is 3. The molecule has 2 nitrogen and oxygen atoms in total. The zero-order valence-electron chi connectivity index (χ0n) is 41.2. The average molecular weight is 975 g/mol. The van der Waals surface area contributed by atoms with Crippen LogP contribution in [0.4, 0.5) is 11.4 Å². The molecule has 0 aliphatic heterocycles. The van der Waals surface area contributed by atoms with Crippen molar-refractivity contribution in [1.82, 2.24) is 4.57 Å². The van der Waals surface area contributed by atoms with Gasteiger partial charge in [0.2, 0.25) is 0 Å². The van der Waals surface area contributed by atoms with Crippen LogP contribution in [0.15, 0.2) is 291 Å². The summed E-state index contributed by atoms with van der Waals surface area (Å²) in [6, 6.07) is 97.8. The number of aromatic nitrogens is 1. The first-order valence-electron chi connectivity index (χ1n) is 25.9. The molecule has 0 spiro atoms. The van der Waals surface area contributed by atoms with E-state index in [9.17, 15) is 0 Å². The molecule has 1 unspecified atom stereocenters. The summed E-state index contributed by atoms with van der Waals surface area (Å²) in [5.74, 6) is 0.172. The van der Waals surface area contributed by atoms with E-state index >= 15 is 0 Å². The Morgan fingerprint density at radius 3 is 1.49 bits per heavy atom. The number of hydrogen-bond donors (Lipinski definition) is 0. The maximum atomic E-state index is 2.47. The lowest BCUT2D eigenvalue weighted by atomic mass is 9.88. The quantitative estimate of drug-likeness (QED) is 0.133. The average Bonchev–Trinajstić information content (AvgIpc) is 4.06. The Labute approximate surface area is 441 Å². The van der Waals surface area contributed by atoms with Crippen LogP contribution in [0.2, 0.25) is 0 Å². The minimum Gasteiger partial charge on any atom is -0.311 e. The van der Waals surface area contributed by atoms with Crippen LogP contribution in [0.1, 0.15) is 17.9 Å². The highest BCUT2D eigenvalue weighted by Crippen LogP contribution is 2.43. The first-order chi connectivity index (χ1) is 37.2. The fourth-order valence-electron chi connectivity index (χ4n) is 11.4. The SMILES string of the molecule is C1=CC(N(c2ccc(-c3ccc(-c4ccccc4)cc3)cc2)c2ccc(-c3ccc(-c4ccccc4)cc3)cc2)=CC(c2cccc(-c3cccc4c3c3ccccc3n4-c3ccc4c(c3)sc3ccccc34)c2)C1. The van der Waals surface area contributed by atoms with E-state index < -0.39 is 0 Å². The predicted molar refractivity (Wildman–Crippen MR) is 320 cm³/mol. The molecule has 0 radical (unpaired) electrons. The summed E-state index contributed by atoms with van der Waals surface area (Å²) < 4.78 is 5.09. The van der Waals surface area contributed by atoms with E-state index in [4.69, 9.17) is 0 Å². The van der Waals surface area contributed by atoms with Crippen LogP contribution >= 0.6 is 11.3 Å². The summed E-state index contributed by atoms with van der Waals surface area (Å²) in [6.07, 6.45) is 8.05. The molecule has 354 valence electrons. The van der Waals surface area contributed by atoms with Gasteiger partial charge in [-0.05, 0) is 128 Å². The van der Waals surface area contributed by atoms with Crippen molar-refractivity contribution < 1.29 is 0 Å². The van der Waals surface area contributed by atoms with Crippen molar-refractivity contribution in [2.75, 3.05) is 4.90 Å². The van der Waals surface area contributed by atoms with Gasteiger partial charge in [0.15, 0.2) is 0 Å². The van der Waals surface area contributed by atoms with E-state index in [0.29, 0.717) is 0 Å². The Bertz CT molecular complexity index is 4150. The predicted octanol–water partition coefficient (Wildman–Crippen LogP) is 20.3. The lowest BCUT2D eigenvalue weighted by Gasteiger charge is -2.30. The zero-order chi connectivity index (χ0) is 49.7. The van der Waals surface area contributed by atoms with Gasteiger partial charge in [-0.1, -0.05) is 224 Å². The molecule has 11 aromatic carbocycles. The number of para-hydroxylation sites is 1. The van der Waals surface area contributed by atoms with Gasteiger partial charge in [0.05, 0.1) is 11.0 Å². The molecule has 3 heteroatoms. The fraction of sp³-hybridized carbons (Fsp3) is 0.0278. The van der Waals surface area contributed by atoms with Crippen LogP contribution < -0.4 is 4.90 Å². The van der Waals surface area contributed by atoms with Crippen LogP contribution in [-0.4, -0.2) is 4.57 Å². The van der Waals surface area contributed by atoms with Crippen LogP contribution in [0.3, 0.4) is 0 Å². The van der Waals surface area contributed by atoms with Crippen molar-refractivity contribution in [3.63, 3.8) is 0 Å². The van der Waals surface area contributed by atoms with Gasteiger partial charge in [-0.3, -0.25) is 0 Å². The van der Waals surface area contributed by atoms with Crippen molar-refractivity contribution in [3.05, 3.63) is 296 Å². The summed E-state index contributed by atoms with van der Waals surface area (Å²) in [5.41, 5.74) is 20.4. The highest BCUT2D eigenvalue weighted by atomic mass is 32.1. The molecule has 0 saturated heterocycles. The second-order valence-electron chi connectivity index (χ2n) is 19.6. The standard InChI is InChI=1S/C72H50N2S/c1-3-14-49(15-4-1)51-28-32-53(33-29-51)55-36-40-60(41-37-55)73(61-42-38-56(39-43-61)54-34-30-52(31-35-54)50-16-5-2-6-17-50)62-21-12-19-58(47-62)57-18-11-20-59(46-57)64-24-13-26-69-72(64)67-23-7-9-25-68(67)74(69)63-44-45-66-65-22-8-10-27-70(65)75-71(66)48-63/h1-18,20-48,58H,19H2. The number of thiophene rings is 1. The molecule has 75 heavy (non-hydrogen) atoms. The van der Waals surface area contributed by atoms with Crippen molar-refractivity contribution in [2.24, 2.45) is 0 Å². The van der Waals surface area contributed by atoms with Gasteiger partial charge < -0.3 is 9.47 Å². The molecule has 14 rings (SSSR count). The topological polar surface area (TPSA) is 8.17 Å². The van der Waals surface area contributed by atoms with E-state index in [1.165, 1.54) is 109 Å². The number of fused-ring (bicyclic) bond motifs is 6. The van der Waals surface area contributed by atoms with Crippen molar-refractivity contribution in [1.29, 1.82) is 0 Å². The van der Waals surface area contributed by atoms with Crippen LogP contribution in [0.25, 0.3) is 103 Å². The van der Waals surface area contributed by atoms with Crippen molar-refractivity contribution in [2.45, 2.75) is 12.3 Å². The summed E-state index contributed by atoms with van der Waals surface area (Å²) in [6.45, 7) is 0. The van der Waals surface area contributed by atoms with E-state index in [0.717, 1.165) is 23.5 Å². The molecule has 1 aliphatic rings. The summed E-state index contributed by atoms with van der Waals surface area (Å²) >= 11 is 1.87. The van der Waals surface area contributed by atoms with Gasteiger partial charge in [0.25, 0.3) is 0 Å². The number of rotatable bonds is 10. The Morgan fingerprint density at radius 2 is 0.867 bits per heavy atom. The number of anilines is 2. The molecule has 2 aromatic heterocycles. The Hall–Kier alpha value is -9.28. The maximum Gasteiger partial charge on any atom is 0.0547 e. The highest BCUT2D eigenvalue weighted by molar-refractivity contribution is 7.25. The third kappa shape index (κ3) is 8.25. The van der Waals surface area contributed by atoms with Crippen molar-refractivity contribution in [3.8, 4) is 61.3 Å². The number of nitrogens with zero attached hydrogens (tertiary/aromatic N) is 2. The zero-order valence-corrected chi connectivity index (χ0v) is 42.0. The monoisotopic (exact) mass is 974 g/mol. The molecule has 0 saturated carbocycles. The van der Waals surface area contributed by atoms with E-state index in [1.54, 1.807) is 0 Å². The molecule has 2 heterocycles. The molecular formula is C72H50N2S. The lowest BCUT2D eigenvalue weighted by Crippen LogP contribution is -2.17. The van der Waals surface area contributed by atoms with Gasteiger partial charge >= 0.3 is 0 Å². The number of hydrogen-bond acceptors (Lipinski definition) is 2. The Balaban J connectivity index is 0.817. The van der Waals surface area contributed by atoms with Crippen LogP contribution in [-0.2, 0) is 0 Å². The molecule has 0 N–H and O–H groups in total. The first kappa shape index (κ1) is 44.4. The third-order valence-corrected chi connectivity index (χ3v) is 16.3. The minimum absolute atomic E-state index is 0.172. The van der Waals surface area contributed by atoms with Gasteiger partial charge in [0, 0.05) is 59.6 Å². The normalized spacial score (nSPS) is 13.4. The van der Waals surface area contributed by atoms with Gasteiger partial charge in [-0.2, -0.15) is 0 Å². The van der Waals surface area contributed by atoms with Crippen molar-refractivity contribution >= 4 is 64.7 Å². The number of benzene rings is 11. The Kier molecular flexibility index (Phi) is 11.2. The molecule has 13 aromatic rings. The molecule has 0 bridgehead atoms. The first-order valence-corrected chi connectivity index (χ1v) is 26.7. The summed E-state index contributed by atoms with van der Waals surface area (Å²) in [7, 11) is 0. The van der Waals surface area contributed by atoms with Crippen LogP contribution in [0.5, 0.6) is 0 Å². The second kappa shape index (κ2) is 19.0. The molecule has 1 atom stereocenters. The van der Waals surface area contributed by atoms with Gasteiger partial charge in [0.1, 0.15) is 0 Å². The smallest absolute Gasteiger partial charge is 0.0547 e. The van der Waals surface area contributed by atoms with Gasteiger partial charge in [-0.25, -0.2) is 0 Å². The molecular weight excluding hydrogens is 925 g/mol. The lowest BCUT2D eigenvalue weighted by molar-refractivity contribution is 0.838. The van der Waals surface area contributed by atoms with E-state index in [-0.39, 0.29) is 5.92 Å². The van der Waals surface area contributed by atoms with E-state index in [1.807, 2.05) is 11.3 Å². The summed E-state index contributed by atoms with van der Waals surface area (Å²) in [5, 5.41) is 5.17. The second-order valence-corrected chi connectivity index (χ2v) is 20.7. The molecule has 0 fully saturated rings. The maximum absolute atomic E-state index is 2.47.